The molecule has 0 aromatic rings. The number of phosphoric ester groups is 1. The lowest BCUT2D eigenvalue weighted by Crippen LogP contribution is -2.45. The van der Waals surface area contributed by atoms with Crippen LogP contribution in [0.2, 0.25) is 0 Å². The van der Waals surface area contributed by atoms with Gasteiger partial charge in [-0.05, 0) is 12.8 Å². The monoisotopic (exact) mass is 394 g/mol. The van der Waals surface area contributed by atoms with Crippen LogP contribution < -0.4 is 10.2 Å². The van der Waals surface area contributed by atoms with E-state index in [-0.39, 0.29) is 12.5 Å². The first kappa shape index (κ1) is 25.2. The van der Waals surface area contributed by atoms with Gasteiger partial charge < -0.3 is 28.8 Å². The number of carbonyl (C=O) groups is 1. The lowest BCUT2D eigenvalue weighted by Gasteiger charge is -2.29. The van der Waals surface area contributed by atoms with Gasteiger partial charge in [-0.2, -0.15) is 0 Å². The molecule has 0 aromatic carbocycles. The van der Waals surface area contributed by atoms with E-state index in [0.29, 0.717) is 11.0 Å². The van der Waals surface area contributed by atoms with Crippen molar-refractivity contribution < 1.29 is 32.9 Å². The summed E-state index contributed by atoms with van der Waals surface area (Å²) in [5.41, 5.74) is 0. The fourth-order valence-electron chi connectivity index (χ4n) is 2.00. The minimum Gasteiger partial charge on any atom is -0.756 e. The SMILES string of the molecule is CCCCC/C=C/C(O)C(COP(=O)([O-])OCC[N+](C)(C)C)NC(C)=O. The number of aliphatic hydroxyl groups is 1. The Hall–Kier alpha value is -0.760. The Bertz CT molecular complexity index is 478. The molecule has 0 saturated carbocycles. The van der Waals surface area contributed by atoms with E-state index < -0.39 is 26.6 Å². The van der Waals surface area contributed by atoms with Crippen molar-refractivity contribution in [3.05, 3.63) is 12.2 Å². The zero-order valence-electron chi connectivity index (χ0n) is 16.6. The quantitative estimate of drug-likeness (QED) is 0.198. The number of hydrogen-bond acceptors (Lipinski definition) is 6. The molecule has 0 aliphatic heterocycles. The number of amides is 1. The van der Waals surface area contributed by atoms with Gasteiger partial charge in [0.2, 0.25) is 5.91 Å². The molecule has 154 valence electrons. The fourth-order valence-corrected chi connectivity index (χ4v) is 2.73. The summed E-state index contributed by atoms with van der Waals surface area (Å²) >= 11 is 0. The number of nitrogens with zero attached hydrogens (tertiary/aromatic N) is 1. The largest absolute Gasteiger partial charge is 0.756 e. The zero-order chi connectivity index (χ0) is 20.2. The summed E-state index contributed by atoms with van der Waals surface area (Å²) in [5.74, 6) is -0.385. The van der Waals surface area contributed by atoms with Crippen LogP contribution in [0.4, 0.5) is 0 Å². The molecule has 8 nitrogen and oxygen atoms in total. The number of hydrogen-bond donors (Lipinski definition) is 2. The van der Waals surface area contributed by atoms with Crippen LogP contribution in [0.1, 0.15) is 39.5 Å². The van der Waals surface area contributed by atoms with Gasteiger partial charge in [0.15, 0.2) is 0 Å². The number of aliphatic hydroxyl groups excluding tert-OH is 1. The third-order valence-electron chi connectivity index (χ3n) is 3.53. The van der Waals surface area contributed by atoms with Crippen molar-refractivity contribution in [2.75, 3.05) is 40.9 Å². The van der Waals surface area contributed by atoms with Crippen molar-refractivity contribution in [2.45, 2.75) is 51.7 Å². The van der Waals surface area contributed by atoms with Crippen LogP contribution in [-0.2, 0) is 18.4 Å². The average Bonchev–Trinajstić information content (AvgIpc) is 2.49. The molecule has 0 aromatic heterocycles. The van der Waals surface area contributed by atoms with Crippen molar-refractivity contribution in [3.8, 4) is 0 Å². The number of rotatable bonds is 14. The summed E-state index contributed by atoms with van der Waals surface area (Å²) in [7, 11) is 1.24. The standard InChI is InChI=1S/C17H35N2O6P/c1-6-7-8-9-10-11-17(21)16(18-15(2)20)14-25-26(22,23)24-13-12-19(3,4)5/h10-11,16-17,21H,6-9,12-14H2,1-5H3,(H-,18,20,22,23)/b11-10+. The van der Waals surface area contributed by atoms with Gasteiger partial charge in [0, 0.05) is 6.92 Å². The Morgan fingerprint density at radius 1 is 1.31 bits per heavy atom. The maximum Gasteiger partial charge on any atom is 0.268 e. The molecule has 0 radical (unpaired) electrons. The molecule has 0 aliphatic rings. The van der Waals surface area contributed by atoms with E-state index in [1.807, 2.05) is 27.2 Å². The summed E-state index contributed by atoms with van der Waals surface area (Å²) < 4.78 is 22.0. The second-order valence-electron chi connectivity index (χ2n) is 7.31. The molecule has 0 spiro atoms. The molecule has 0 bridgehead atoms. The van der Waals surface area contributed by atoms with E-state index in [1.54, 1.807) is 6.08 Å². The first-order valence-corrected chi connectivity index (χ1v) is 10.5. The van der Waals surface area contributed by atoms with E-state index >= 15 is 0 Å². The van der Waals surface area contributed by atoms with Gasteiger partial charge in [-0.1, -0.05) is 31.9 Å². The number of phosphoric acid groups is 1. The number of allylic oxidation sites excluding steroid dienone is 1. The molecule has 0 saturated heterocycles. The normalized spacial score (nSPS) is 17.0. The van der Waals surface area contributed by atoms with E-state index in [9.17, 15) is 19.4 Å². The Morgan fingerprint density at radius 2 is 1.96 bits per heavy atom. The highest BCUT2D eigenvalue weighted by atomic mass is 31.2. The van der Waals surface area contributed by atoms with Gasteiger partial charge in [-0.3, -0.25) is 9.36 Å². The van der Waals surface area contributed by atoms with E-state index in [4.69, 9.17) is 9.05 Å². The average molecular weight is 394 g/mol. The molecule has 26 heavy (non-hydrogen) atoms. The van der Waals surface area contributed by atoms with Gasteiger partial charge in [-0.25, -0.2) is 0 Å². The van der Waals surface area contributed by atoms with Gasteiger partial charge in [0.1, 0.15) is 13.2 Å². The van der Waals surface area contributed by atoms with Crippen LogP contribution >= 0.6 is 7.82 Å². The summed E-state index contributed by atoms with van der Waals surface area (Å²) in [6, 6.07) is -0.876. The van der Waals surface area contributed by atoms with E-state index in [0.717, 1.165) is 25.7 Å². The highest BCUT2D eigenvalue weighted by Gasteiger charge is 2.22. The van der Waals surface area contributed by atoms with Crippen LogP contribution in [0.15, 0.2) is 12.2 Å². The Kier molecular flexibility index (Phi) is 12.2. The number of unbranched alkanes of at least 4 members (excludes halogenated alkanes) is 3. The molecule has 0 heterocycles. The number of likely N-dealkylation sites (N-methyl/N-ethyl adjacent to an activating group) is 1. The summed E-state index contributed by atoms with van der Waals surface area (Å²) in [6.45, 7) is 3.49. The van der Waals surface area contributed by atoms with Crippen LogP contribution in [0.3, 0.4) is 0 Å². The molecule has 3 atom stereocenters. The molecule has 0 rings (SSSR count). The Labute approximate surface area is 157 Å². The summed E-state index contributed by atoms with van der Waals surface area (Å²) in [4.78, 5) is 23.1. The molecule has 0 aliphatic carbocycles. The van der Waals surface area contributed by atoms with Crippen LogP contribution in [0, 0.1) is 0 Å². The molecule has 2 N–H and O–H groups in total. The minimum absolute atomic E-state index is 0.00499. The molecular weight excluding hydrogens is 359 g/mol. The van der Waals surface area contributed by atoms with Crippen LogP contribution in [-0.4, -0.2) is 68.5 Å². The third kappa shape index (κ3) is 14.4. The highest BCUT2D eigenvalue weighted by Crippen LogP contribution is 2.38. The second-order valence-corrected chi connectivity index (χ2v) is 8.72. The van der Waals surface area contributed by atoms with Crippen molar-refractivity contribution in [1.29, 1.82) is 0 Å². The van der Waals surface area contributed by atoms with Crippen molar-refractivity contribution in [1.82, 2.24) is 5.32 Å². The first-order chi connectivity index (χ1) is 12.0. The predicted molar refractivity (Wildman–Crippen MR) is 99.3 cm³/mol. The molecule has 3 unspecified atom stereocenters. The van der Waals surface area contributed by atoms with Gasteiger partial charge in [-0.15, -0.1) is 0 Å². The van der Waals surface area contributed by atoms with Crippen LogP contribution in [0.5, 0.6) is 0 Å². The lowest BCUT2D eigenvalue weighted by molar-refractivity contribution is -0.870. The van der Waals surface area contributed by atoms with E-state index in [2.05, 4.69) is 12.2 Å². The number of quaternary nitrogens is 1. The van der Waals surface area contributed by atoms with Crippen molar-refractivity contribution in [3.63, 3.8) is 0 Å². The zero-order valence-corrected chi connectivity index (χ0v) is 17.5. The smallest absolute Gasteiger partial charge is 0.268 e. The molecular formula is C17H35N2O6P. The predicted octanol–water partition coefficient (Wildman–Crippen LogP) is 1.20. The molecule has 9 heteroatoms. The Balaban J connectivity index is 4.55. The van der Waals surface area contributed by atoms with Crippen LogP contribution in [0.25, 0.3) is 0 Å². The highest BCUT2D eigenvalue weighted by molar-refractivity contribution is 7.45. The second kappa shape index (κ2) is 12.6. The van der Waals surface area contributed by atoms with Gasteiger partial charge in [0.05, 0.1) is 39.9 Å². The van der Waals surface area contributed by atoms with Crippen molar-refractivity contribution in [2.24, 2.45) is 0 Å². The molecule has 0 fully saturated rings. The van der Waals surface area contributed by atoms with Gasteiger partial charge >= 0.3 is 0 Å². The minimum atomic E-state index is -4.50. The van der Waals surface area contributed by atoms with Crippen molar-refractivity contribution >= 4 is 13.7 Å². The maximum absolute atomic E-state index is 11.8. The topological polar surface area (TPSA) is 108 Å². The Morgan fingerprint density at radius 3 is 2.50 bits per heavy atom. The van der Waals surface area contributed by atoms with E-state index in [1.165, 1.54) is 6.92 Å². The van der Waals surface area contributed by atoms with Gasteiger partial charge in [0.25, 0.3) is 7.82 Å². The fraction of sp³-hybridized carbons (Fsp3) is 0.824. The summed E-state index contributed by atoms with van der Waals surface area (Å²) in [5, 5.41) is 12.7. The third-order valence-corrected chi connectivity index (χ3v) is 4.50. The lowest BCUT2D eigenvalue weighted by atomic mass is 10.1. The molecule has 1 amide bonds. The number of carbonyl (C=O) groups excluding carboxylic acids is 1. The number of nitrogens with one attached hydrogen (secondary N) is 1. The maximum atomic E-state index is 11.8. The summed E-state index contributed by atoms with van der Waals surface area (Å²) in [6.07, 6.45) is 6.35. The first-order valence-electron chi connectivity index (χ1n) is 8.99.